The van der Waals surface area contributed by atoms with E-state index < -0.39 is 35.2 Å². The van der Waals surface area contributed by atoms with E-state index in [9.17, 15) is 19.7 Å². The van der Waals surface area contributed by atoms with Gasteiger partial charge in [0.2, 0.25) is 6.54 Å². The van der Waals surface area contributed by atoms with E-state index in [0.717, 1.165) is 19.8 Å². The van der Waals surface area contributed by atoms with Crippen molar-refractivity contribution in [1.82, 2.24) is 0 Å². The fraction of sp³-hybridized carbons (Fsp3) is 0.467. The van der Waals surface area contributed by atoms with Crippen LogP contribution in [0.25, 0.3) is 0 Å². The summed E-state index contributed by atoms with van der Waals surface area (Å²) in [5.74, 6) is -3.38. The van der Waals surface area contributed by atoms with Gasteiger partial charge in [0.1, 0.15) is 5.75 Å². The van der Waals surface area contributed by atoms with Gasteiger partial charge in [-0.2, -0.15) is 0 Å². The first-order valence-electron chi connectivity index (χ1n) is 7.01. The molecule has 1 atom stereocenters. The number of fused-ring (bicyclic) bond motifs is 1. The maximum absolute atomic E-state index is 12.0. The fourth-order valence-corrected chi connectivity index (χ4v) is 2.68. The van der Waals surface area contributed by atoms with Gasteiger partial charge in [-0.15, -0.1) is 0 Å². The molecule has 23 heavy (non-hydrogen) atoms. The lowest BCUT2D eigenvalue weighted by molar-refractivity contribution is -0.484. The van der Waals surface area contributed by atoms with Gasteiger partial charge in [-0.25, -0.2) is 0 Å². The lowest BCUT2D eigenvalue weighted by atomic mass is 9.85. The van der Waals surface area contributed by atoms with Crippen LogP contribution in [0.5, 0.6) is 5.75 Å². The molecular weight excluding hydrogens is 306 g/mol. The van der Waals surface area contributed by atoms with Crippen LogP contribution >= 0.6 is 0 Å². The highest BCUT2D eigenvalue weighted by molar-refractivity contribution is 5.96. The molecule has 0 aliphatic carbocycles. The summed E-state index contributed by atoms with van der Waals surface area (Å²) in [7, 11) is 2.25. The Morgan fingerprint density at radius 1 is 1.30 bits per heavy atom. The number of methoxy groups -OCH3 is 2. The van der Waals surface area contributed by atoms with Crippen molar-refractivity contribution in [2.24, 2.45) is 5.92 Å². The predicted molar refractivity (Wildman–Crippen MR) is 77.8 cm³/mol. The van der Waals surface area contributed by atoms with E-state index in [4.69, 9.17) is 4.74 Å². The van der Waals surface area contributed by atoms with Crippen molar-refractivity contribution < 1.29 is 28.7 Å². The molecule has 2 rings (SSSR count). The Morgan fingerprint density at radius 2 is 1.96 bits per heavy atom. The molecule has 1 aliphatic rings. The summed E-state index contributed by atoms with van der Waals surface area (Å²) >= 11 is 0. The van der Waals surface area contributed by atoms with Crippen LogP contribution in [0.2, 0.25) is 0 Å². The second kappa shape index (κ2) is 7.08. The van der Waals surface area contributed by atoms with Crippen LogP contribution in [0.4, 0.5) is 0 Å². The van der Waals surface area contributed by atoms with Crippen LogP contribution in [0.1, 0.15) is 17.0 Å². The van der Waals surface area contributed by atoms with E-state index in [0.29, 0.717) is 24.3 Å². The van der Waals surface area contributed by atoms with E-state index in [-0.39, 0.29) is 0 Å². The molecule has 8 nitrogen and oxygen atoms in total. The number of carbonyl (C=O) groups is 2. The van der Waals surface area contributed by atoms with Crippen molar-refractivity contribution >= 4 is 11.9 Å². The minimum atomic E-state index is -1.39. The normalized spacial score (nSPS) is 13.9. The fourth-order valence-electron chi connectivity index (χ4n) is 2.68. The van der Waals surface area contributed by atoms with Gasteiger partial charge in [0.15, 0.2) is 5.92 Å². The first kappa shape index (κ1) is 16.7. The van der Waals surface area contributed by atoms with E-state index in [1.54, 1.807) is 18.2 Å². The van der Waals surface area contributed by atoms with E-state index in [1.807, 2.05) is 0 Å². The third-order valence-electron chi connectivity index (χ3n) is 3.80. The summed E-state index contributed by atoms with van der Waals surface area (Å²) in [5.41, 5.74) is 1.40. The van der Waals surface area contributed by atoms with Gasteiger partial charge in [0.25, 0.3) is 0 Å². The van der Waals surface area contributed by atoms with Gasteiger partial charge in [-0.05, 0) is 17.2 Å². The first-order valence-corrected chi connectivity index (χ1v) is 7.01. The SMILES string of the molecule is COC(=O)C(C(=O)OC)[C@@H](C[N+](=O)[O-])c1ccc2c(c1)CCO2. The number of rotatable bonds is 6. The van der Waals surface area contributed by atoms with Gasteiger partial charge in [-0.3, -0.25) is 19.7 Å². The number of nitrogens with zero attached hydrogens (tertiary/aromatic N) is 1. The number of benzene rings is 1. The predicted octanol–water partition coefficient (Wildman–Crippen LogP) is 0.944. The number of esters is 2. The molecule has 1 aliphatic heterocycles. The molecule has 0 saturated carbocycles. The molecule has 8 heteroatoms. The molecule has 0 unspecified atom stereocenters. The minimum Gasteiger partial charge on any atom is -0.493 e. The molecule has 0 saturated heterocycles. The Hall–Kier alpha value is -2.64. The zero-order valence-electron chi connectivity index (χ0n) is 12.8. The van der Waals surface area contributed by atoms with Gasteiger partial charge >= 0.3 is 11.9 Å². The Labute approximate surface area is 132 Å². The van der Waals surface area contributed by atoms with Gasteiger partial charge in [-0.1, -0.05) is 12.1 Å². The second-order valence-corrected chi connectivity index (χ2v) is 5.11. The molecule has 0 aromatic heterocycles. The van der Waals surface area contributed by atoms with Crippen LogP contribution < -0.4 is 4.74 Å². The lowest BCUT2D eigenvalue weighted by Crippen LogP contribution is -2.35. The molecule has 0 spiro atoms. The summed E-state index contributed by atoms with van der Waals surface area (Å²) in [5, 5.41) is 11.0. The lowest BCUT2D eigenvalue weighted by Gasteiger charge is -2.21. The van der Waals surface area contributed by atoms with Crippen LogP contribution in [0.3, 0.4) is 0 Å². The number of hydrogen-bond acceptors (Lipinski definition) is 7. The molecule has 1 aromatic rings. The Morgan fingerprint density at radius 3 is 2.52 bits per heavy atom. The van der Waals surface area contributed by atoms with E-state index in [1.165, 1.54) is 0 Å². The Bertz CT molecular complexity index is 612. The van der Waals surface area contributed by atoms with Crippen LogP contribution in [0, 0.1) is 16.0 Å². The maximum atomic E-state index is 12.0. The van der Waals surface area contributed by atoms with Gasteiger partial charge < -0.3 is 14.2 Å². The van der Waals surface area contributed by atoms with Gasteiger partial charge in [0.05, 0.1) is 26.7 Å². The molecule has 0 fully saturated rings. The highest BCUT2D eigenvalue weighted by Gasteiger charge is 2.41. The third kappa shape index (κ3) is 3.58. The van der Waals surface area contributed by atoms with Crippen molar-refractivity contribution in [3.05, 3.63) is 39.4 Å². The average Bonchev–Trinajstić information content (AvgIpc) is 3.00. The van der Waals surface area contributed by atoms with Crippen LogP contribution in [-0.4, -0.2) is 44.2 Å². The zero-order valence-corrected chi connectivity index (χ0v) is 12.8. The minimum absolute atomic E-state index is 0.506. The standard InChI is InChI=1S/C15H17NO7/c1-21-14(17)13(15(18)22-2)11(8-16(19)20)9-3-4-12-10(7-9)5-6-23-12/h3-4,7,11,13H,5-6,8H2,1-2H3/t11-/m0/s1. The molecule has 124 valence electrons. The molecule has 0 bridgehead atoms. The highest BCUT2D eigenvalue weighted by atomic mass is 16.6. The van der Waals surface area contributed by atoms with Crippen LogP contribution in [-0.2, 0) is 25.5 Å². The average molecular weight is 323 g/mol. The summed E-state index contributed by atoms with van der Waals surface area (Å²) in [6, 6.07) is 5.04. The second-order valence-electron chi connectivity index (χ2n) is 5.11. The Kier molecular flexibility index (Phi) is 5.15. The van der Waals surface area contributed by atoms with Crippen molar-refractivity contribution in [2.45, 2.75) is 12.3 Å². The van der Waals surface area contributed by atoms with Crippen molar-refractivity contribution in [2.75, 3.05) is 27.4 Å². The molecule has 0 radical (unpaired) electrons. The summed E-state index contributed by atoms with van der Waals surface area (Å²) in [6.45, 7) is -0.0510. The zero-order chi connectivity index (χ0) is 17.0. The number of nitro groups is 1. The molecule has 1 heterocycles. The highest BCUT2D eigenvalue weighted by Crippen LogP contribution is 2.33. The van der Waals surface area contributed by atoms with Crippen molar-refractivity contribution in [1.29, 1.82) is 0 Å². The van der Waals surface area contributed by atoms with E-state index >= 15 is 0 Å². The van der Waals surface area contributed by atoms with Crippen LogP contribution in [0.15, 0.2) is 18.2 Å². The third-order valence-corrected chi connectivity index (χ3v) is 3.80. The summed E-state index contributed by atoms with van der Waals surface area (Å²) in [4.78, 5) is 34.4. The smallest absolute Gasteiger partial charge is 0.320 e. The van der Waals surface area contributed by atoms with Crippen molar-refractivity contribution in [3.63, 3.8) is 0 Å². The molecule has 0 N–H and O–H groups in total. The molecular formula is C15H17NO7. The van der Waals surface area contributed by atoms with Gasteiger partial charge in [0, 0.05) is 11.3 Å². The number of ether oxygens (including phenoxy) is 3. The largest absolute Gasteiger partial charge is 0.493 e. The topological polar surface area (TPSA) is 105 Å². The summed E-state index contributed by atoms with van der Waals surface area (Å²) in [6.07, 6.45) is 0.676. The Balaban J connectivity index is 2.43. The van der Waals surface area contributed by atoms with Crippen molar-refractivity contribution in [3.8, 4) is 5.75 Å². The number of hydrogen-bond donors (Lipinski definition) is 0. The molecule has 1 aromatic carbocycles. The summed E-state index contributed by atoms with van der Waals surface area (Å²) < 4.78 is 14.6. The maximum Gasteiger partial charge on any atom is 0.320 e. The first-order chi connectivity index (χ1) is 11.0. The number of carbonyl (C=O) groups excluding carboxylic acids is 2. The monoisotopic (exact) mass is 323 g/mol. The quantitative estimate of drug-likeness (QED) is 0.332. The van der Waals surface area contributed by atoms with E-state index in [2.05, 4.69) is 9.47 Å². The molecule has 0 amide bonds.